The minimum Gasteiger partial charge on any atom is -0.497 e. The number of carboxylic acids is 1. The number of carboxylic acid groups (broad SMARTS) is 1. The van der Waals surface area contributed by atoms with Gasteiger partial charge in [0.1, 0.15) is 17.5 Å². The van der Waals surface area contributed by atoms with Gasteiger partial charge >= 0.3 is 5.97 Å². The SMILES string of the molecule is COc1cc(OC)cc(C(=O)N2CCC[C@H]2C(=O)O)c1. The minimum atomic E-state index is -0.967. The quantitative estimate of drug-likeness (QED) is 0.901. The molecule has 1 amide bonds. The first-order valence-electron chi connectivity index (χ1n) is 6.33. The van der Waals surface area contributed by atoms with Crippen LogP contribution in [-0.4, -0.2) is 48.7 Å². The van der Waals surface area contributed by atoms with E-state index in [1.807, 2.05) is 0 Å². The van der Waals surface area contributed by atoms with Gasteiger partial charge in [0.25, 0.3) is 5.91 Å². The second kappa shape index (κ2) is 5.81. The van der Waals surface area contributed by atoms with Gasteiger partial charge in [-0.05, 0) is 25.0 Å². The van der Waals surface area contributed by atoms with E-state index in [1.54, 1.807) is 18.2 Å². The lowest BCUT2D eigenvalue weighted by atomic mass is 10.1. The molecule has 1 aromatic rings. The van der Waals surface area contributed by atoms with E-state index in [4.69, 9.17) is 14.6 Å². The van der Waals surface area contributed by atoms with Crippen molar-refractivity contribution in [2.24, 2.45) is 0 Å². The van der Waals surface area contributed by atoms with Crippen molar-refractivity contribution in [1.29, 1.82) is 0 Å². The minimum absolute atomic E-state index is 0.313. The first kappa shape index (κ1) is 14.2. The number of amides is 1. The zero-order valence-electron chi connectivity index (χ0n) is 11.5. The van der Waals surface area contributed by atoms with Crippen LogP contribution in [0.4, 0.5) is 0 Å². The van der Waals surface area contributed by atoms with Crippen LogP contribution in [0.25, 0.3) is 0 Å². The summed E-state index contributed by atoms with van der Waals surface area (Å²) in [6.45, 7) is 0.454. The van der Waals surface area contributed by atoms with Gasteiger partial charge in [0.15, 0.2) is 0 Å². The molecule has 1 aliphatic heterocycles. The molecule has 0 spiro atoms. The third-order valence-corrected chi connectivity index (χ3v) is 3.40. The normalized spacial score (nSPS) is 17.9. The molecule has 0 saturated carbocycles. The summed E-state index contributed by atoms with van der Waals surface area (Å²) in [5.41, 5.74) is 0.370. The van der Waals surface area contributed by atoms with Crippen LogP contribution >= 0.6 is 0 Å². The van der Waals surface area contributed by atoms with Crippen molar-refractivity contribution >= 4 is 11.9 Å². The van der Waals surface area contributed by atoms with Crippen LogP contribution in [0.3, 0.4) is 0 Å². The summed E-state index contributed by atoms with van der Waals surface area (Å²) in [5.74, 6) is -0.282. The standard InChI is InChI=1S/C14H17NO5/c1-19-10-6-9(7-11(8-10)20-2)13(16)15-5-3-4-12(15)14(17)18/h6-8,12H,3-5H2,1-2H3,(H,17,18)/t12-/m0/s1. The molecule has 0 aromatic heterocycles. The third-order valence-electron chi connectivity index (χ3n) is 3.40. The topological polar surface area (TPSA) is 76.1 Å². The summed E-state index contributed by atoms with van der Waals surface area (Å²) in [5, 5.41) is 9.14. The molecule has 1 heterocycles. The van der Waals surface area contributed by atoms with Gasteiger partial charge in [0.2, 0.25) is 0 Å². The number of nitrogens with zero attached hydrogens (tertiary/aromatic N) is 1. The van der Waals surface area contributed by atoms with Crippen LogP contribution in [0.2, 0.25) is 0 Å². The van der Waals surface area contributed by atoms with E-state index in [0.717, 1.165) is 0 Å². The van der Waals surface area contributed by atoms with Crippen LogP contribution in [-0.2, 0) is 4.79 Å². The molecule has 1 fully saturated rings. The Bertz CT molecular complexity index is 506. The Morgan fingerprint density at radius 3 is 2.30 bits per heavy atom. The summed E-state index contributed by atoms with van der Waals surface area (Å²) < 4.78 is 10.2. The molecule has 108 valence electrons. The number of carbonyl (C=O) groups is 2. The van der Waals surface area contributed by atoms with Crippen LogP contribution in [0.5, 0.6) is 11.5 Å². The maximum absolute atomic E-state index is 12.4. The van der Waals surface area contributed by atoms with E-state index in [0.29, 0.717) is 36.4 Å². The van der Waals surface area contributed by atoms with Crippen molar-refractivity contribution in [2.75, 3.05) is 20.8 Å². The van der Waals surface area contributed by atoms with E-state index >= 15 is 0 Å². The van der Waals surface area contributed by atoms with Gasteiger partial charge in [0, 0.05) is 18.2 Å². The number of hydrogen-bond acceptors (Lipinski definition) is 4. The fourth-order valence-electron chi connectivity index (χ4n) is 2.36. The largest absolute Gasteiger partial charge is 0.497 e. The summed E-state index contributed by atoms with van der Waals surface area (Å²) in [7, 11) is 3.00. The summed E-state index contributed by atoms with van der Waals surface area (Å²) in [4.78, 5) is 25.0. The number of carbonyl (C=O) groups excluding carboxylic acids is 1. The molecule has 1 saturated heterocycles. The fraction of sp³-hybridized carbons (Fsp3) is 0.429. The molecule has 0 radical (unpaired) electrons. The second-order valence-corrected chi connectivity index (χ2v) is 4.60. The maximum atomic E-state index is 12.4. The third kappa shape index (κ3) is 2.68. The molecule has 1 aromatic carbocycles. The zero-order valence-corrected chi connectivity index (χ0v) is 11.5. The van der Waals surface area contributed by atoms with Crippen LogP contribution in [0.1, 0.15) is 23.2 Å². The van der Waals surface area contributed by atoms with E-state index in [-0.39, 0.29) is 5.91 Å². The molecule has 1 aliphatic rings. The Labute approximate surface area is 116 Å². The summed E-state index contributed by atoms with van der Waals surface area (Å²) >= 11 is 0. The average Bonchev–Trinajstić information content (AvgIpc) is 2.95. The first-order chi connectivity index (χ1) is 9.56. The van der Waals surface area contributed by atoms with Crippen LogP contribution in [0.15, 0.2) is 18.2 Å². The Hall–Kier alpha value is -2.24. The van der Waals surface area contributed by atoms with Gasteiger partial charge < -0.3 is 19.5 Å². The molecular formula is C14H17NO5. The highest BCUT2D eigenvalue weighted by molar-refractivity contribution is 5.97. The van der Waals surface area contributed by atoms with Crippen molar-refractivity contribution in [3.05, 3.63) is 23.8 Å². The van der Waals surface area contributed by atoms with Gasteiger partial charge in [-0.15, -0.1) is 0 Å². The predicted octanol–water partition coefficient (Wildman–Crippen LogP) is 1.39. The van der Waals surface area contributed by atoms with Crippen molar-refractivity contribution in [1.82, 2.24) is 4.90 Å². The van der Waals surface area contributed by atoms with E-state index in [1.165, 1.54) is 19.1 Å². The van der Waals surface area contributed by atoms with Gasteiger partial charge in [-0.25, -0.2) is 4.79 Å². The van der Waals surface area contributed by atoms with Crippen LogP contribution < -0.4 is 9.47 Å². The number of benzene rings is 1. The van der Waals surface area contributed by atoms with Crippen molar-refractivity contribution < 1.29 is 24.2 Å². The van der Waals surface area contributed by atoms with Crippen molar-refractivity contribution in [2.45, 2.75) is 18.9 Å². The predicted molar refractivity (Wildman–Crippen MR) is 71.2 cm³/mol. The van der Waals surface area contributed by atoms with Gasteiger partial charge in [0.05, 0.1) is 14.2 Å². The van der Waals surface area contributed by atoms with Gasteiger partial charge in [-0.1, -0.05) is 0 Å². The number of methoxy groups -OCH3 is 2. The maximum Gasteiger partial charge on any atom is 0.326 e. The van der Waals surface area contributed by atoms with E-state index < -0.39 is 12.0 Å². The zero-order chi connectivity index (χ0) is 14.7. The lowest BCUT2D eigenvalue weighted by molar-refractivity contribution is -0.141. The van der Waals surface area contributed by atoms with Gasteiger partial charge in [-0.3, -0.25) is 4.79 Å². The monoisotopic (exact) mass is 279 g/mol. The summed E-state index contributed by atoms with van der Waals surface area (Å²) in [6.07, 6.45) is 1.19. The Kier molecular flexibility index (Phi) is 4.12. The molecule has 0 bridgehead atoms. The highest BCUT2D eigenvalue weighted by atomic mass is 16.5. The number of hydrogen-bond donors (Lipinski definition) is 1. The van der Waals surface area contributed by atoms with E-state index in [9.17, 15) is 9.59 Å². The van der Waals surface area contributed by atoms with Crippen molar-refractivity contribution in [3.8, 4) is 11.5 Å². The number of rotatable bonds is 4. The fourth-order valence-corrected chi connectivity index (χ4v) is 2.36. The van der Waals surface area contributed by atoms with E-state index in [2.05, 4.69) is 0 Å². The molecule has 0 unspecified atom stereocenters. The molecule has 0 aliphatic carbocycles. The highest BCUT2D eigenvalue weighted by Gasteiger charge is 2.34. The molecule has 1 N–H and O–H groups in total. The van der Waals surface area contributed by atoms with Crippen molar-refractivity contribution in [3.63, 3.8) is 0 Å². The Morgan fingerprint density at radius 1 is 1.20 bits per heavy atom. The number of ether oxygens (including phenoxy) is 2. The van der Waals surface area contributed by atoms with Crippen LogP contribution in [0, 0.1) is 0 Å². The summed E-state index contributed by atoms with van der Waals surface area (Å²) in [6, 6.07) is 4.08. The molecule has 6 nitrogen and oxygen atoms in total. The highest BCUT2D eigenvalue weighted by Crippen LogP contribution is 2.26. The first-order valence-corrected chi connectivity index (χ1v) is 6.33. The molecular weight excluding hydrogens is 262 g/mol. The number of likely N-dealkylation sites (tertiary alicyclic amines) is 1. The smallest absolute Gasteiger partial charge is 0.326 e. The molecule has 20 heavy (non-hydrogen) atoms. The Balaban J connectivity index is 2.30. The van der Waals surface area contributed by atoms with Gasteiger partial charge in [-0.2, -0.15) is 0 Å². The second-order valence-electron chi connectivity index (χ2n) is 4.60. The molecule has 1 atom stereocenters. The number of aliphatic carboxylic acids is 1. The average molecular weight is 279 g/mol. The molecule has 2 rings (SSSR count). The molecule has 6 heteroatoms. The lowest BCUT2D eigenvalue weighted by Crippen LogP contribution is -2.40. The Morgan fingerprint density at radius 2 is 1.80 bits per heavy atom. The lowest BCUT2D eigenvalue weighted by Gasteiger charge is -2.21.